The first kappa shape index (κ1) is 12.2. The molecule has 1 aromatic rings. The Bertz CT molecular complexity index is 518. The van der Waals surface area contributed by atoms with Crippen LogP contribution in [-0.2, 0) is 10.1 Å². The second-order valence-electron chi connectivity index (χ2n) is 3.80. The summed E-state index contributed by atoms with van der Waals surface area (Å²) in [6.45, 7) is 0. The molecule has 0 unspecified atom stereocenters. The van der Waals surface area contributed by atoms with Gasteiger partial charge >= 0.3 is 15.6 Å². The lowest BCUT2D eigenvalue weighted by molar-refractivity contribution is -0.0500. The van der Waals surface area contributed by atoms with Crippen LogP contribution in [0.3, 0.4) is 0 Å². The maximum Gasteiger partial charge on any atom is 0.534 e. The number of halogens is 3. The zero-order chi connectivity index (χ0) is 12.7. The van der Waals surface area contributed by atoms with Gasteiger partial charge in [-0.15, -0.1) is 0 Å². The summed E-state index contributed by atoms with van der Waals surface area (Å²) in [5, 5.41) is 0. The van der Waals surface area contributed by atoms with Crippen LogP contribution >= 0.6 is 0 Å². The molecular weight excluding hydrogens is 257 g/mol. The number of para-hydroxylation sites is 1. The SMILES string of the molecule is O=S(=O)(Oc1ccccc1C1CC1)C(F)(F)F. The van der Waals surface area contributed by atoms with Crippen LogP contribution < -0.4 is 4.18 Å². The van der Waals surface area contributed by atoms with Crippen molar-refractivity contribution < 1.29 is 25.8 Å². The molecule has 0 atom stereocenters. The first-order valence-corrected chi connectivity index (χ1v) is 6.32. The highest BCUT2D eigenvalue weighted by Gasteiger charge is 2.49. The molecule has 0 aromatic heterocycles. The molecule has 1 aliphatic rings. The van der Waals surface area contributed by atoms with E-state index in [9.17, 15) is 21.6 Å². The van der Waals surface area contributed by atoms with E-state index in [4.69, 9.17) is 0 Å². The van der Waals surface area contributed by atoms with E-state index in [1.165, 1.54) is 12.1 Å². The first-order chi connectivity index (χ1) is 7.81. The van der Waals surface area contributed by atoms with Crippen molar-refractivity contribution in [1.29, 1.82) is 0 Å². The Kier molecular flexibility index (Phi) is 2.81. The van der Waals surface area contributed by atoms with E-state index in [0.717, 1.165) is 12.8 Å². The molecule has 0 N–H and O–H groups in total. The molecule has 0 spiro atoms. The predicted octanol–water partition coefficient (Wildman–Crippen LogP) is 2.79. The molecule has 1 aromatic carbocycles. The molecule has 94 valence electrons. The number of benzene rings is 1. The molecule has 0 aliphatic heterocycles. The van der Waals surface area contributed by atoms with E-state index in [2.05, 4.69) is 4.18 Å². The summed E-state index contributed by atoms with van der Waals surface area (Å²) >= 11 is 0. The van der Waals surface area contributed by atoms with Gasteiger partial charge in [0.1, 0.15) is 5.75 Å². The quantitative estimate of drug-likeness (QED) is 0.624. The van der Waals surface area contributed by atoms with Crippen LogP contribution in [0.5, 0.6) is 5.75 Å². The molecule has 1 aliphatic carbocycles. The third-order valence-electron chi connectivity index (χ3n) is 2.42. The van der Waals surface area contributed by atoms with Crippen LogP contribution in [0.25, 0.3) is 0 Å². The molecule has 3 nitrogen and oxygen atoms in total. The average molecular weight is 266 g/mol. The van der Waals surface area contributed by atoms with Crippen LogP contribution in [0.4, 0.5) is 13.2 Å². The van der Waals surface area contributed by atoms with E-state index >= 15 is 0 Å². The van der Waals surface area contributed by atoms with Gasteiger partial charge in [-0.25, -0.2) is 0 Å². The van der Waals surface area contributed by atoms with Crippen LogP contribution in [0, 0.1) is 0 Å². The van der Waals surface area contributed by atoms with Gasteiger partial charge in [0.05, 0.1) is 0 Å². The number of hydrogen-bond donors (Lipinski definition) is 0. The van der Waals surface area contributed by atoms with Crippen molar-refractivity contribution >= 4 is 10.1 Å². The van der Waals surface area contributed by atoms with Gasteiger partial charge in [0.15, 0.2) is 0 Å². The van der Waals surface area contributed by atoms with Gasteiger partial charge in [0.2, 0.25) is 0 Å². The predicted molar refractivity (Wildman–Crippen MR) is 54.0 cm³/mol. The topological polar surface area (TPSA) is 43.4 Å². The third-order valence-corrected chi connectivity index (χ3v) is 3.39. The summed E-state index contributed by atoms with van der Waals surface area (Å²) in [7, 11) is -5.58. The summed E-state index contributed by atoms with van der Waals surface area (Å²) in [5.41, 5.74) is -4.88. The standard InChI is InChI=1S/C10H9F3O3S/c11-10(12,13)17(14,15)16-9-4-2-1-3-8(9)7-5-6-7/h1-4,7H,5-6H2. The highest BCUT2D eigenvalue weighted by atomic mass is 32.2. The Morgan fingerprint density at radius 3 is 2.29 bits per heavy atom. The second-order valence-corrected chi connectivity index (χ2v) is 5.33. The molecule has 1 saturated carbocycles. The summed E-state index contributed by atoms with van der Waals surface area (Å²) in [5.74, 6) is -0.123. The lowest BCUT2D eigenvalue weighted by atomic mass is 10.1. The van der Waals surface area contributed by atoms with Crippen molar-refractivity contribution in [1.82, 2.24) is 0 Å². The van der Waals surface area contributed by atoms with E-state index in [1.54, 1.807) is 12.1 Å². The van der Waals surface area contributed by atoms with Crippen LogP contribution in [-0.4, -0.2) is 13.9 Å². The van der Waals surface area contributed by atoms with E-state index in [-0.39, 0.29) is 11.7 Å². The van der Waals surface area contributed by atoms with E-state index < -0.39 is 15.6 Å². The lowest BCUT2D eigenvalue weighted by Crippen LogP contribution is -2.28. The first-order valence-electron chi connectivity index (χ1n) is 4.91. The largest absolute Gasteiger partial charge is 0.534 e. The fourth-order valence-electron chi connectivity index (χ4n) is 1.45. The van der Waals surface area contributed by atoms with Crippen molar-refractivity contribution in [2.45, 2.75) is 24.3 Å². The highest BCUT2D eigenvalue weighted by molar-refractivity contribution is 7.88. The summed E-state index contributed by atoms with van der Waals surface area (Å²) in [6, 6.07) is 5.89. The Morgan fingerprint density at radius 2 is 1.76 bits per heavy atom. The van der Waals surface area contributed by atoms with Gasteiger partial charge in [0.25, 0.3) is 0 Å². The minimum Gasteiger partial charge on any atom is -0.376 e. The maximum absolute atomic E-state index is 12.2. The Morgan fingerprint density at radius 1 is 1.18 bits per heavy atom. The highest BCUT2D eigenvalue weighted by Crippen LogP contribution is 2.44. The fraction of sp³-hybridized carbons (Fsp3) is 0.400. The summed E-state index contributed by atoms with van der Waals surface area (Å²) in [4.78, 5) is 0. The minimum absolute atomic E-state index is 0.106. The van der Waals surface area contributed by atoms with Gasteiger partial charge in [-0.3, -0.25) is 0 Å². The van der Waals surface area contributed by atoms with Crippen LogP contribution in [0.1, 0.15) is 24.3 Å². The number of rotatable bonds is 3. The lowest BCUT2D eigenvalue weighted by Gasteiger charge is -2.12. The second kappa shape index (κ2) is 3.90. The molecule has 17 heavy (non-hydrogen) atoms. The van der Waals surface area contributed by atoms with Crippen molar-refractivity contribution in [2.75, 3.05) is 0 Å². The molecular formula is C10H9F3O3S. The fourth-order valence-corrected chi connectivity index (χ4v) is 1.94. The van der Waals surface area contributed by atoms with Crippen LogP contribution in [0.15, 0.2) is 24.3 Å². The minimum atomic E-state index is -5.58. The number of alkyl halides is 3. The van der Waals surface area contributed by atoms with E-state index in [1.807, 2.05) is 0 Å². The average Bonchev–Trinajstić information content (AvgIpc) is 2.99. The van der Waals surface area contributed by atoms with Crippen LogP contribution in [0.2, 0.25) is 0 Å². The Balaban J connectivity index is 2.31. The van der Waals surface area contributed by atoms with Crippen molar-refractivity contribution in [3.8, 4) is 5.75 Å². The Hall–Kier alpha value is -1.24. The number of hydrogen-bond acceptors (Lipinski definition) is 3. The molecule has 0 radical (unpaired) electrons. The monoisotopic (exact) mass is 266 g/mol. The van der Waals surface area contributed by atoms with Gasteiger partial charge < -0.3 is 4.18 Å². The van der Waals surface area contributed by atoms with Gasteiger partial charge in [-0.05, 0) is 30.4 Å². The zero-order valence-corrected chi connectivity index (χ0v) is 9.38. The summed E-state index contributed by atoms with van der Waals surface area (Å²) in [6.07, 6.45) is 1.68. The van der Waals surface area contributed by atoms with Crippen molar-refractivity contribution in [3.63, 3.8) is 0 Å². The molecule has 0 amide bonds. The van der Waals surface area contributed by atoms with Gasteiger partial charge in [0, 0.05) is 0 Å². The zero-order valence-electron chi connectivity index (χ0n) is 8.57. The van der Waals surface area contributed by atoms with E-state index in [0.29, 0.717) is 5.56 Å². The third kappa shape index (κ3) is 2.54. The van der Waals surface area contributed by atoms with Gasteiger partial charge in [-0.2, -0.15) is 21.6 Å². The van der Waals surface area contributed by atoms with Crippen molar-refractivity contribution in [3.05, 3.63) is 29.8 Å². The Labute approximate surface area is 96.3 Å². The van der Waals surface area contributed by atoms with Crippen molar-refractivity contribution in [2.24, 2.45) is 0 Å². The molecule has 0 saturated heterocycles. The summed E-state index contributed by atoms with van der Waals surface area (Å²) < 4.78 is 62.3. The molecule has 0 bridgehead atoms. The maximum atomic E-state index is 12.2. The molecule has 7 heteroatoms. The normalized spacial score (nSPS) is 16.9. The van der Waals surface area contributed by atoms with Gasteiger partial charge in [-0.1, -0.05) is 18.2 Å². The smallest absolute Gasteiger partial charge is 0.376 e. The molecule has 2 rings (SSSR count). The molecule has 0 heterocycles. The molecule has 1 fully saturated rings.